The maximum atomic E-state index is 10.9. The van der Waals surface area contributed by atoms with Gasteiger partial charge in [-0.2, -0.15) is 0 Å². The molecule has 94 valence electrons. The second-order valence-corrected chi connectivity index (χ2v) is 4.39. The third-order valence-corrected chi connectivity index (χ3v) is 2.48. The van der Waals surface area contributed by atoms with Crippen molar-refractivity contribution in [1.29, 1.82) is 0 Å². The van der Waals surface area contributed by atoms with Crippen molar-refractivity contribution < 1.29 is 10.0 Å². The van der Waals surface area contributed by atoms with Crippen molar-refractivity contribution >= 4 is 12.0 Å². The Morgan fingerprint density at radius 3 is 2.25 bits per heavy atom. The number of ketones is 1. The number of carbonyl (C=O) groups is 1. The van der Waals surface area contributed by atoms with Gasteiger partial charge in [-0.3, -0.25) is 4.79 Å². The molecule has 0 aromatic rings. The summed E-state index contributed by atoms with van der Waals surface area (Å²) in [7, 11) is 4.18. The maximum absolute atomic E-state index is 10.9. The molecule has 0 aromatic carbocycles. The second kappa shape index (κ2) is 10.6. The molecule has 0 aliphatic carbocycles. The Balaban J connectivity index is 3.13. The van der Waals surface area contributed by atoms with Crippen molar-refractivity contribution in [3.63, 3.8) is 0 Å². The van der Waals surface area contributed by atoms with Gasteiger partial charge in [0, 0.05) is 6.42 Å². The minimum absolute atomic E-state index is 0.0879. The largest absolute Gasteiger partial charge is 0.411 e. The Morgan fingerprint density at radius 1 is 1.12 bits per heavy atom. The normalized spacial score (nSPS) is 11.4. The smallest absolute Gasteiger partial charge is 0.177 e. The molecule has 16 heavy (non-hydrogen) atoms. The van der Waals surface area contributed by atoms with E-state index in [0.29, 0.717) is 6.42 Å². The van der Waals surface area contributed by atoms with Gasteiger partial charge in [-0.1, -0.05) is 30.8 Å². The molecule has 0 unspecified atom stereocenters. The van der Waals surface area contributed by atoms with Crippen molar-refractivity contribution in [3.05, 3.63) is 0 Å². The fourth-order valence-corrected chi connectivity index (χ4v) is 1.56. The highest BCUT2D eigenvalue weighted by Gasteiger charge is 1.98. The van der Waals surface area contributed by atoms with Crippen LogP contribution in [0.25, 0.3) is 0 Å². The van der Waals surface area contributed by atoms with E-state index in [9.17, 15) is 4.79 Å². The fraction of sp³-hybridized carbons (Fsp3) is 0.833. The summed E-state index contributed by atoms with van der Waals surface area (Å²) < 4.78 is 0. The quantitative estimate of drug-likeness (QED) is 0.270. The van der Waals surface area contributed by atoms with Crippen molar-refractivity contribution in [2.75, 3.05) is 20.6 Å². The van der Waals surface area contributed by atoms with E-state index in [-0.39, 0.29) is 5.78 Å². The van der Waals surface area contributed by atoms with Gasteiger partial charge >= 0.3 is 0 Å². The predicted octanol–water partition coefficient (Wildman–Crippen LogP) is 2.31. The Hall–Kier alpha value is -0.900. The maximum Gasteiger partial charge on any atom is 0.177 e. The third-order valence-electron chi connectivity index (χ3n) is 2.48. The van der Waals surface area contributed by atoms with Crippen molar-refractivity contribution in [1.82, 2.24) is 4.90 Å². The van der Waals surface area contributed by atoms with Gasteiger partial charge in [0.15, 0.2) is 5.78 Å². The summed E-state index contributed by atoms with van der Waals surface area (Å²) in [4.78, 5) is 13.1. The van der Waals surface area contributed by atoms with Crippen LogP contribution in [0.3, 0.4) is 0 Å². The number of hydrogen-bond donors (Lipinski definition) is 1. The van der Waals surface area contributed by atoms with Crippen LogP contribution in [0, 0.1) is 0 Å². The lowest BCUT2D eigenvalue weighted by Gasteiger charge is -2.08. The SMILES string of the molecule is CN(C)CCCCCCCCC(=O)/C=N/O. The summed E-state index contributed by atoms with van der Waals surface area (Å²) in [5.41, 5.74) is 0. The molecule has 0 heterocycles. The molecule has 0 aromatic heterocycles. The first-order valence-electron chi connectivity index (χ1n) is 6.02. The average Bonchev–Trinajstić information content (AvgIpc) is 2.22. The minimum atomic E-state index is -0.0879. The van der Waals surface area contributed by atoms with Gasteiger partial charge in [0.25, 0.3) is 0 Å². The van der Waals surface area contributed by atoms with Gasteiger partial charge < -0.3 is 10.1 Å². The average molecular weight is 228 g/mol. The monoisotopic (exact) mass is 228 g/mol. The summed E-state index contributed by atoms with van der Waals surface area (Å²) >= 11 is 0. The van der Waals surface area contributed by atoms with Crippen molar-refractivity contribution in [3.8, 4) is 0 Å². The molecule has 0 bridgehead atoms. The molecule has 0 aliphatic heterocycles. The lowest BCUT2D eigenvalue weighted by atomic mass is 10.1. The van der Waals surface area contributed by atoms with E-state index in [0.717, 1.165) is 25.6 Å². The summed E-state index contributed by atoms with van der Waals surface area (Å²) in [6.07, 6.45) is 8.44. The van der Waals surface area contributed by atoms with E-state index in [2.05, 4.69) is 24.2 Å². The van der Waals surface area contributed by atoms with Gasteiger partial charge in [-0.25, -0.2) is 0 Å². The first-order valence-corrected chi connectivity index (χ1v) is 6.02. The van der Waals surface area contributed by atoms with Crippen molar-refractivity contribution in [2.24, 2.45) is 5.16 Å². The zero-order valence-electron chi connectivity index (χ0n) is 10.5. The van der Waals surface area contributed by atoms with Crippen LogP contribution < -0.4 is 0 Å². The Morgan fingerprint density at radius 2 is 1.69 bits per heavy atom. The van der Waals surface area contributed by atoms with Crippen LogP contribution >= 0.6 is 0 Å². The molecule has 0 amide bonds. The van der Waals surface area contributed by atoms with Crippen LogP contribution in [-0.2, 0) is 4.79 Å². The first-order chi connectivity index (χ1) is 7.66. The van der Waals surface area contributed by atoms with Gasteiger partial charge in [-0.15, -0.1) is 0 Å². The van der Waals surface area contributed by atoms with Crippen molar-refractivity contribution in [2.45, 2.75) is 44.9 Å². The number of nitrogens with zero attached hydrogens (tertiary/aromatic N) is 2. The molecule has 0 fully saturated rings. The van der Waals surface area contributed by atoms with Gasteiger partial charge in [0.2, 0.25) is 0 Å². The molecule has 0 aliphatic rings. The van der Waals surface area contributed by atoms with E-state index in [4.69, 9.17) is 5.21 Å². The lowest BCUT2D eigenvalue weighted by Crippen LogP contribution is -2.12. The number of carbonyl (C=O) groups excluding carboxylic acids is 1. The van der Waals surface area contributed by atoms with Crippen LogP contribution in [0.4, 0.5) is 0 Å². The summed E-state index contributed by atoms with van der Waals surface area (Å²) in [6.45, 7) is 1.16. The molecular weight excluding hydrogens is 204 g/mol. The second-order valence-electron chi connectivity index (χ2n) is 4.39. The van der Waals surface area contributed by atoms with E-state index in [1.807, 2.05) is 0 Å². The Labute approximate surface area is 98.3 Å². The highest BCUT2D eigenvalue weighted by atomic mass is 16.4. The van der Waals surface area contributed by atoms with Crippen LogP contribution in [0.5, 0.6) is 0 Å². The van der Waals surface area contributed by atoms with Crippen LogP contribution in [0.2, 0.25) is 0 Å². The number of hydrogen-bond acceptors (Lipinski definition) is 4. The summed E-state index contributed by atoms with van der Waals surface area (Å²) in [5.74, 6) is -0.0879. The summed E-state index contributed by atoms with van der Waals surface area (Å²) in [6, 6.07) is 0. The van der Waals surface area contributed by atoms with E-state index < -0.39 is 0 Å². The fourth-order valence-electron chi connectivity index (χ4n) is 1.56. The third kappa shape index (κ3) is 11.2. The standard InChI is InChI=1S/C12H24N2O2/c1-14(2)10-8-6-4-3-5-7-9-12(15)11-13-16/h11,16H,3-10H2,1-2H3/b13-11+. The molecular formula is C12H24N2O2. The molecule has 4 heteroatoms. The zero-order chi connectivity index (χ0) is 12.2. The van der Waals surface area contributed by atoms with Crippen LogP contribution in [0.1, 0.15) is 44.9 Å². The predicted molar refractivity (Wildman–Crippen MR) is 66.2 cm³/mol. The van der Waals surface area contributed by atoms with Crippen LogP contribution in [-0.4, -0.2) is 42.7 Å². The first kappa shape index (κ1) is 15.1. The molecule has 0 rings (SSSR count). The zero-order valence-corrected chi connectivity index (χ0v) is 10.5. The van der Waals surface area contributed by atoms with Crippen LogP contribution in [0.15, 0.2) is 5.16 Å². The van der Waals surface area contributed by atoms with E-state index in [1.165, 1.54) is 25.7 Å². The van der Waals surface area contributed by atoms with E-state index >= 15 is 0 Å². The summed E-state index contributed by atoms with van der Waals surface area (Å²) in [5, 5.41) is 10.8. The topological polar surface area (TPSA) is 52.9 Å². The molecule has 1 N–H and O–H groups in total. The lowest BCUT2D eigenvalue weighted by molar-refractivity contribution is -0.112. The highest BCUT2D eigenvalue weighted by Crippen LogP contribution is 2.07. The number of rotatable bonds is 10. The molecule has 0 spiro atoms. The van der Waals surface area contributed by atoms with Gasteiger partial charge in [0.05, 0.1) is 0 Å². The molecule has 0 saturated heterocycles. The minimum Gasteiger partial charge on any atom is -0.411 e. The Kier molecular flexibility index (Phi) is 10.0. The Bertz CT molecular complexity index is 203. The highest BCUT2D eigenvalue weighted by molar-refractivity contribution is 6.27. The number of Topliss-reactive ketones (excluding diaryl/α,β-unsaturated/α-hetero) is 1. The molecule has 0 saturated carbocycles. The molecule has 0 radical (unpaired) electrons. The van der Waals surface area contributed by atoms with Gasteiger partial charge in [0.1, 0.15) is 6.21 Å². The van der Waals surface area contributed by atoms with Gasteiger partial charge in [-0.05, 0) is 33.5 Å². The molecule has 4 nitrogen and oxygen atoms in total. The molecule has 0 atom stereocenters. The number of unbranched alkanes of at least 4 members (excludes halogenated alkanes) is 5. The number of oxime groups is 1. The van der Waals surface area contributed by atoms with E-state index in [1.54, 1.807) is 0 Å².